The van der Waals surface area contributed by atoms with Crippen LogP contribution in [0.2, 0.25) is 0 Å². The van der Waals surface area contributed by atoms with Crippen LogP contribution >= 0.6 is 0 Å². The molecule has 5 nitrogen and oxygen atoms in total. The molecule has 2 N–H and O–H groups in total. The van der Waals surface area contributed by atoms with Gasteiger partial charge in [0.1, 0.15) is 11.4 Å². The van der Waals surface area contributed by atoms with Gasteiger partial charge < -0.3 is 15.2 Å². The topological polar surface area (TPSA) is 75.6 Å². The van der Waals surface area contributed by atoms with Crippen LogP contribution in [0.3, 0.4) is 0 Å². The number of Topliss-reactive ketones (excluding diaryl/α,β-unsaturated/α-hetero) is 1. The van der Waals surface area contributed by atoms with Crippen LogP contribution in [0.1, 0.15) is 125 Å². The molecule has 0 rings (SSSR count). The van der Waals surface area contributed by atoms with Crippen LogP contribution in [0.5, 0.6) is 0 Å². The molecule has 178 valence electrons. The second-order valence-electron chi connectivity index (χ2n) is 10.0. The van der Waals surface area contributed by atoms with Crippen LogP contribution in [0.25, 0.3) is 0 Å². The second-order valence-corrected chi connectivity index (χ2v) is 10.0. The van der Waals surface area contributed by atoms with Gasteiger partial charge in [-0.2, -0.15) is 0 Å². The number of carbonyl (C=O) groups is 2. The minimum atomic E-state index is -0.891. The summed E-state index contributed by atoms with van der Waals surface area (Å²) >= 11 is 0. The molecule has 0 aliphatic heterocycles. The average Bonchev–Trinajstić information content (AvgIpc) is 2.62. The van der Waals surface area contributed by atoms with Crippen molar-refractivity contribution in [3.05, 3.63) is 0 Å². The Labute approximate surface area is 185 Å². The lowest BCUT2D eigenvalue weighted by atomic mass is 9.94. The number of aliphatic hydroxyl groups excluding tert-OH is 1. The van der Waals surface area contributed by atoms with Gasteiger partial charge in [0.25, 0.3) is 0 Å². The van der Waals surface area contributed by atoms with Crippen molar-refractivity contribution in [2.75, 3.05) is 0 Å². The molecular weight excluding hydrogens is 378 g/mol. The Morgan fingerprint density at radius 1 is 0.867 bits per heavy atom. The third kappa shape index (κ3) is 16.7. The zero-order chi connectivity index (χ0) is 23.0. The lowest BCUT2D eigenvalue weighted by Crippen LogP contribution is -2.49. The van der Waals surface area contributed by atoms with E-state index in [1.165, 1.54) is 57.8 Å². The van der Waals surface area contributed by atoms with Gasteiger partial charge in [-0.1, -0.05) is 85.0 Å². The molecule has 30 heavy (non-hydrogen) atoms. The molecule has 0 heterocycles. The number of alkyl carbamates (subject to hydrolysis) is 1. The summed E-state index contributed by atoms with van der Waals surface area (Å²) in [4.78, 5) is 24.3. The summed E-state index contributed by atoms with van der Waals surface area (Å²) in [6.45, 7) is 11.5. The van der Waals surface area contributed by atoms with Crippen LogP contribution in [0, 0.1) is 5.92 Å². The van der Waals surface area contributed by atoms with Gasteiger partial charge in [-0.3, -0.25) is 4.79 Å². The maximum atomic E-state index is 12.3. The van der Waals surface area contributed by atoms with Crippen LogP contribution in [0.4, 0.5) is 4.79 Å². The monoisotopic (exact) mass is 427 g/mol. The number of hydrogen-bond donors (Lipinski definition) is 2. The standard InChI is InChI=1S/C25H49NO4/c1-7-8-9-10-11-12-13-14-15-16-17-18-21(27)19-22(28)23(20(2)3)26-24(29)30-25(4,5)6/h20,22-23,28H,7-19H2,1-6H3,(H,26,29)/t22-,23-/m0/s1. The first-order valence-corrected chi connectivity index (χ1v) is 12.3. The summed E-state index contributed by atoms with van der Waals surface area (Å²) in [6, 6.07) is -0.499. The smallest absolute Gasteiger partial charge is 0.407 e. The third-order valence-corrected chi connectivity index (χ3v) is 5.31. The number of ether oxygens (including phenoxy) is 1. The lowest BCUT2D eigenvalue weighted by Gasteiger charge is -2.29. The molecular formula is C25H49NO4. The molecule has 0 aromatic carbocycles. The van der Waals surface area contributed by atoms with Crippen LogP contribution in [0.15, 0.2) is 0 Å². The van der Waals surface area contributed by atoms with Crippen molar-refractivity contribution in [3.8, 4) is 0 Å². The molecule has 5 heteroatoms. The van der Waals surface area contributed by atoms with E-state index in [0.717, 1.165) is 12.8 Å². The number of carbonyl (C=O) groups excluding carboxylic acids is 2. The minimum absolute atomic E-state index is 0.00212. The van der Waals surface area contributed by atoms with E-state index in [9.17, 15) is 14.7 Å². The Kier molecular flexibility index (Phi) is 16.0. The van der Waals surface area contributed by atoms with E-state index < -0.39 is 23.8 Å². The second kappa shape index (κ2) is 16.6. The van der Waals surface area contributed by atoms with Gasteiger partial charge in [0.15, 0.2) is 0 Å². The number of hydrogen-bond acceptors (Lipinski definition) is 4. The van der Waals surface area contributed by atoms with Crippen molar-refractivity contribution in [1.82, 2.24) is 5.32 Å². The Balaban J connectivity index is 3.97. The van der Waals surface area contributed by atoms with E-state index in [2.05, 4.69) is 12.2 Å². The molecule has 0 saturated heterocycles. The lowest BCUT2D eigenvalue weighted by molar-refractivity contribution is -0.121. The first-order valence-electron chi connectivity index (χ1n) is 12.3. The quantitative estimate of drug-likeness (QED) is 0.258. The molecule has 0 aliphatic carbocycles. The summed E-state index contributed by atoms with van der Waals surface area (Å²) < 4.78 is 5.27. The molecule has 0 bridgehead atoms. The van der Waals surface area contributed by atoms with Crippen LogP contribution in [-0.2, 0) is 9.53 Å². The summed E-state index contributed by atoms with van der Waals surface area (Å²) in [5.41, 5.74) is -0.596. The summed E-state index contributed by atoms with van der Waals surface area (Å²) in [6.07, 6.45) is 12.9. The highest BCUT2D eigenvalue weighted by Crippen LogP contribution is 2.16. The molecule has 1 amide bonds. The van der Waals surface area contributed by atoms with E-state index in [4.69, 9.17) is 4.74 Å². The molecule has 0 aromatic heterocycles. The van der Waals surface area contributed by atoms with Crippen molar-refractivity contribution < 1.29 is 19.4 Å². The first-order chi connectivity index (χ1) is 14.1. The largest absolute Gasteiger partial charge is 0.444 e. The van der Waals surface area contributed by atoms with Gasteiger partial charge in [0, 0.05) is 12.8 Å². The Bertz CT molecular complexity index is 457. The van der Waals surface area contributed by atoms with Crippen LogP contribution in [-0.4, -0.2) is 34.7 Å². The molecule has 0 fully saturated rings. The maximum Gasteiger partial charge on any atom is 0.407 e. The third-order valence-electron chi connectivity index (χ3n) is 5.31. The van der Waals surface area contributed by atoms with Crippen LogP contribution < -0.4 is 5.32 Å². The van der Waals surface area contributed by atoms with E-state index in [1.54, 1.807) is 20.8 Å². The fourth-order valence-corrected chi connectivity index (χ4v) is 3.60. The number of amides is 1. The van der Waals surface area contributed by atoms with Crippen molar-refractivity contribution >= 4 is 11.9 Å². The first kappa shape index (κ1) is 28.9. The highest BCUT2D eigenvalue weighted by Gasteiger charge is 2.28. The molecule has 0 aromatic rings. The van der Waals surface area contributed by atoms with Gasteiger partial charge in [0.2, 0.25) is 0 Å². The van der Waals surface area contributed by atoms with Crippen molar-refractivity contribution in [2.24, 2.45) is 5.92 Å². The Morgan fingerprint density at radius 3 is 1.77 bits per heavy atom. The zero-order valence-corrected chi connectivity index (χ0v) is 20.6. The van der Waals surface area contributed by atoms with Crippen molar-refractivity contribution in [1.29, 1.82) is 0 Å². The highest BCUT2D eigenvalue weighted by atomic mass is 16.6. The normalized spacial score (nSPS) is 13.9. The summed E-state index contributed by atoms with van der Waals surface area (Å²) in [5, 5.41) is 13.2. The van der Waals surface area contributed by atoms with E-state index in [0.29, 0.717) is 6.42 Å². The fraction of sp³-hybridized carbons (Fsp3) is 0.920. The number of aliphatic hydroxyl groups is 1. The highest BCUT2D eigenvalue weighted by molar-refractivity contribution is 5.79. The maximum absolute atomic E-state index is 12.3. The molecule has 0 unspecified atom stereocenters. The Morgan fingerprint density at radius 2 is 1.33 bits per heavy atom. The van der Waals surface area contributed by atoms with Gasteiger partial charge in [-0.05, 0) is 33.1 Å². The number of unbranched alkanes of at least 4 members (excludes halogenated alkanes) is 10. The molecule has 0 spiro atoms. The van der Waals surface area contributed by atoms with Gasteiger partial charge >= 0.3 is 6.09 Å². The predicted molar refractivity (Wildman–Crippen MR) is 125 cm³/mol. The molecule has 0 radical (unpaired) electrons. The Hall–Kier alpha value is -1.10. The van der Waals surface area contributed by atoms with E-state index >= 15 is 0 Å². The van der Waals surface area contributed by atoms with Crippen molar-refractivity contribution in [2.45, 2.75) is 143 Å². The van der Waals surface area contributed by atoms with Gasteiger partial charge in [0.05, 0.1) is 12.1 Å². The summed E-state index contributed by atoms with van der Waals surface area (Å²) in [7, 11) is 0. The zero-order valence-electron chi connectivity index (χ0n) is 20.6. The summed E-state index contributed by atoms with van der Waals surface area (Å²) in [5.74, 6) is 0.0670. The fourth-order valence-electron chi connectivity index (χ4n) is 3.60. The minimum Gasteiger partial charge on any atom is -0.444 e. The molecule has 2 atom stereocenters. The van der Waals surface area contributed by atoms with E-state index in [-0.39, 0.29) is 18.1 Å². The van der Waals surface area contributed by atoms with E-state index in [1.807, 2.05) is 13.8 Å². The SMILES string of the molecule is CCCCCCCCCCCCCC(=O)C[C@H](O)[C@@H](NC(=O)OC(C)(C)C)C(C)C. The average molecular weight is 428 g/mol. The predicted octanol–water partition coefficient (Wildman–Crippen LogP) is 6.56. The number of ketones is 1. The van der Waals surface area contributed by atoms with Gasteiger partial charge in [-0.15, -0.1) is 0 Å². The van der Waals surface area contributed by atoms with Gasteiger partial charge in [-0.25, -0.2) is 4.79 Å². The number of rotatable bonds is 17. The molecule has 0 aliphatic rings. The number of nitrogens with one attached hydrogen (secondary N) is 1. The van der Waals surface area contributed by atoms with Crippen molar-refractivity contribution in [3.63, 3.8) is 0 Å². The molecule has 0 saturated carbocycles.